The number of ether oxygens (including phenoxy) is 3. The molecule has 1 N–H and O–H groups in total. The SMILES string of the molecule is COCO[C@@H](C)[C@H](CC(=O)OC(C)(C)C)N[C@H](C)c1ccccc1. The van der Waals surface area contributed by atoms with Crippen LogP contribution in [0, 0.1) is 0 Å². The van der Waals surface area contributed by atoms with E-state index in [2.05, 4.69) is 24.4 Å². The summed E-state index contributed by atoms with van der Waals surface area (Å²) < 4.78 is 16.0. The highest BCUT2D eigenvalue weighted by molar-refractivity contribution is 5.70. The van der Waals surface area contributed by atoms with Gasteiger partial charge in [0.05, 0.1) is 12.5 Å². The number of carbonyl (C=O) groups is 1. The average molecular weight is 337 g/mol. The van der Waals surface area contributed by atoms with Gasteiger partial charge in [0.25, 0.3) is 0 Å². The third-order valence-corrected chi connectivity index (χ3v) is 3.59. The highest BCUT2D eigenvalue weighted by Crippen LogP contribution is 2.17. The topological polar surface area (TPSA) is 56.8 Å². The summed E-state index contributed by atoms with van der Waals surface area (Å²) in [6, 6.07) is 10.0. The maximum atomic E-state index is 12.2. The number of hydrogen-bond acceptors (Lipinski definition) is 5. The molecule has 0 saturated heterocycles. The molecule has 3 atom stereocenters. The monoisotopic (exact) mass is 337 g/mol. The second-order valence-electron chi connectivity index (χ2n) is 6.97. The molecule has 0 aliphatic carbocycles. The minimum atomic E-state index is -0.497. The van der Waals surface area contributed by atoms with Crippen LogP contribution in [0.25, 0.3) is 0 Å². The zero-order valence-corrected chi connectivity index (χ0v) is 15.7. The first-order chi connectivity index (χ1) is 11.2. The Morgan fingerprint density at radius 3 is 2.33 bits per heavy atom. The fourth-order valence-electron chi connectivity index (χ4n) is 2.37. The van der Waals surface area contributed by atoms with E-state index in [1.807, 2.05) is 45.9 Å². The first-order valence-corrected chi connectivity index (χ1v) is 8.36. The van der Waals surface area contributed by atoms with Gasteiger partial charge in [-0.1, -0.05) is 30.3 Å². The van der Waals surface area contributed by atoms with Gasteiger partial charge in [0.1, 0.15) is 12.4 Å². The van der Waals surface area contributed by atoms with Crippen molar-refractivity contribution in [2.45, 2.75) is 64.8 Å². The lowest BCUT2D eigenvalue weighted by Gasteiger charge is -2.29. The summed E-state index contributed by atoms with van der Waals surface area (Å²) in [4.78, 5) is 12.2. The van der Waals surface area contributed by atoms with Crippen molar-refractivity contribution in [3.8, 4) is 0 Å². The van der Waals surface area contributed by atoms with Crippen molar-refractivity contribution in [3.05, 3.63) is 35.9 Å². The van der Waals surface area contributed by atoms with E-state index in [1.54, 1.807) is 7.11 Å². The Kier molecular flexibility index (Phi) is 8.39. The lowest BCUT2D eigenvalue weighted by molar-refractivity contribution is -0.157. The first-order valence-electron chi connectivity index (χ1n) is 8.36. The van der Waals surface area contributed by atoms with Crippen LogP contribution in [0.2, 0.25) is 0 Å². The zero-order chi connectivity index (χ0) is 18.2. The minimum absolute atomic E-state index is 0.0900. The second kappa shape index (κ2) is 9.77. The molecule has 5 heteroatoms. The van der Waals surface area contributed by atoms with E-state index in [1.165, 1.54) is 0 Å². The quantitative estimate of drug-likeness (QED) is 0.552. The van der Waals surface area contributed by atoms with Gasteiger partial charge in [-0.05, 0) is 40.2 Å². The smallest absolute Gasteiger partial charge is 0.307 e. The standard InChI is InChI=1S/C19H31NO4/c1-14(16-10-8-7-9-11-16)20-17(15(2)23-13-22-6)12-18(21)24-19(3,4)5/h7-11,14-15,17,20H,12-13H2,1-6H3/t14-,15+,17+/m1/s1. The number of nitrogens with one attached hydrogen (secondary N) is 1. The first kappa shape index (κ1) is 20.6. The molecule has 0 aromatic heterocycles. The number of rotatable bonds is 9. The molecule has 136 valence electrons. The summed E-state index contributed by atoms with van der Waals surface area (Å²) in [6.45, 7) is 9.78. The predicted octanol–water partition coefficient (Wildman–Crippen LogP) is 3.45. The van der Waals surface area contributed by atoms with Crippen LogP contribution in [-0.2, 0) is 19.0 Å². The summed E-state index contributed by atoms with van der Waals surface area (Å²) in [5.41, 5.74) is 0.661. The van der Waals surface area contributed by atoms with Gasteiger partial charge in [-0.25, -0.2) is 0 Å². The van der Waals surface area contributed by atoms with E-state index in [0.29, 0.717) is 0 Å². The Morgan fingerprint density at radius 2 is 1.79 bits per heavy atom. The summed E-state index contributed by atoms with van der Waals surface area (Å²) in [5, 5.41) is 3.48. The molecular formula is C19H31NO4. The summed E-state index contributed by atoms with van der Waals surface area (Å²) in [6.07, 6.45) is 0.0444. The number of esters is 1. The fraction of sp³-hybridized carbons (Fsp3) is 0.632. The molecule has 1 rings (SSSR count). The number of hydrogen-bond donors (Lipinski definition) is 1. The van der Waals surface area contributed by atoms with Gasteiger partial charge in [-0.2, -0.15) is 0 Å². The highest BCUT2D eigenvalue weighted by atomic mass is 16.7. The largest absolute Gasteiger partial charge is 0.460 e. The summed E-state index contributed by atoms with van der Waals surface area (Å²) in [7, 11) is 1.58. The maximum absolute atomic E-state index is 12.2. The molecule has 0 spiro atoms. The molecule has 0 bridgehead atoms. The number of methoxy groups -OCH3 is 1. The van der Waals surface area contributed by atoms with Crippen LogP contribution in [0.5, 0.6) is 0 Å². The molecule has 1 aromatic carbocycles. The van der Waals surface area contributed by atoms with E-state index in [4.69, 9.17) is 14.2 Å². The van der Waals surface area contributed by atoms with Gasteiger partial charge in [0.15, 0.2) is 0 Å². The number of carbonyl (C=O) groups excluding carboxylic acids is 1. The van der Waals surface area contributed by atoms with Crippen molar-refractivity contribution in [3.63, 3.8) is 0 Å². The van der Waals surface area contributed by atoms with Crippen LogP contribution in [0.3, 0.4) is 0 Å². The molecule has 1 aromatic rings. The van der Waals surface area contributed by atoms with Gasteiger partial charge < -0.3 is 19.5 Å². The van der Waals surface area contributed by atoms with Crippen LogP contribution in [0.1, 0.15) is 52.6 Å². The van der Waals surface area contributed by atoms with Crippen molar-refractivity contribution in [2.75, 3.05) is 13.9 Å². The highest BCUT2D eigenvalue weighted by Gasteiger charge is 2.26. The maximum Gasteiger partial charge on any atom is 0.307 e. The Bertz CT molecular complexity index is 484. The third kappa shape index (κ3) is 7.90. The molecule has 0 unspecified atom stereocenters. The van der Waals surface area contributed by atoms with Crippen LogP contribution >= 0.6 is 0 Å². The molecule has 0 aliphatic rings. The predicted molar refractivity (Wildman–Crippen MR) is 94.7 cm³/mol. The third-order valence-electron chi connectivity index (χ3n) is 3.59. The Hall–Kier alpha value is -1.43. The fourth-order valence-corrected chi connectivity index (χ4v) is 2.37. The molecule has 0 aliphatic heterocycles. The van der Waals surface area contributed by atoms with Crippen molar-refractivity contribution >= 4 is 5.97 Å². The van der Waals surface area contributed by atoms with Crippen molar-refractivity contribution in [1.82, 2.24) is 5.32 Å². The van der Waals surface area contributed by atoms with Crippen molar-refractivity contribution < 1.29 is 19.0 Å². The van der Waals surface area contributed by atoms with E-state index >= 15 is 0 Å². The lowest BCUT2D eigenvalue weighted by atomic mass is 10.0. The van der Waals surface area contributed by atoms with Crippen LogP contribution in [0.15, 0.2) is 30.3 Å². The number of benzene rings is 1. The second-order valence-corrected chi connectivity index (χ2v) is 6.97. The van der Waals surface area contributed by atoms with Gasteiger partial charge in [0, 0.05) is 19.2 Å². The van der Waals surface area contributed by atoms with Crippen LogP contribution in [0.4, 0.5) is 0 Å². The summed E-state index contributed by atoms with van der Waals surface area (Å²) in [5.74, 6) is -0.242. The Labute approximate surface area is 145 Å². The van der Waals surface area contributed by atoms with Crippen molar-refractivity contribution in [1.29, 1.82) is 0 Å². The van der Waals surface area contributed by atoms with Gasteiger partial charge in [-0.3, -0.25) is 4.79 Å². The van der Waals surface area contributed by atoms with Gasteiger partial charge in [0.2, 0.25) is 0 Å². The van der Waals surface area contributed by atoms with E-state index < -0.39 is 5.60 Å². The lowest BCUT2D eigenvalue weighted by Crippen LogP contribution is -2.43. The van der Waals surface area contributed by atoms with Gasteiger partial charge in [-0.15, -0.1) is 0 Å². The average Bonchev–Trinajstić information content (AvgIpc) is 2.50. The Balaban J connectivity index is 2.75. The molecule has 0 fully saturated rings. The molecule has 24 heavy (non-hydrogen) atoms. The Morgan fingerprint density at radius 1 is 1.17 bits per heavy atom. The van der Waals surface area contributed by atoms with E-state index in [9.17, 15) is 4.79 Å². The molecule has 0 heterocycles. The zero-order valence-electron chi connectivity index (χ0n) is 15.7. The van der Waals surface area contributed by atoms with Crippen molar-refractivity contribution in [2.24, 2.45) is 0 Å². The normalized spacial score (nSPS) is 15.6. The molecular weight excluding hydrogens is 306 g/mol. The molecule has 0 radical (unpaired) electrons. The van der Waals surface area contributed by atoms with Crippen LogP contribution in [-0.4, -0.2) is 37.6 Å². The van der Waals surface area contributed by atoms with E-state index in [-0.39, 0.29) is 37.4 Å². The molecule has 5 nitrogen and oxygen atoms in total. The minimum Gasteiger partial charge on any atom is -0.460 e. The molecule has 0 saturated carbocycles. The van der Waals surface area contributed by atoms with Crippen LogP contribution < -0.4 is 5.32 Å². The van der Waals surface area contributed by atoms with Gasteiger partial charge >= 0.3 is 5.97 Å². The summed E-state index contributed by atoms with van der Waals surface area (Å²) >= 11 is 0. The van der Waals surface area contributed by atoms with E-state index in [0.717, 1.165) is 5.56 Å². The molecule has 0 amide bonds.